The van der Waals surface area contributed by atoms with Crippen LogP contribution < -0.4 is 9.80 Å². The molecule has 3 heterocycles. The molecule has 2 aromatic rings. The molecule has 20 heavy (non-hydrogen) atoms. The van der Waals surface area contributed by atoms with E-state index in [4.69, 9.17) is 5.11 Å². The van der Waals surface area contributed by atoms with Crippen LogP contribution in [-0.4, -0.2) is 57.2 Å². The number of rotatable bonds is 3. The Morgan fingerprint density at radius 1 is 1.10 bits per heavy atom. The maximum atomic E-state index is 10.7. The summed E-state index contributed by atoms with van der Waals surface area (Å²) in [7, 11) is 0. The lowest BCUT2D eigenvalue weighted by Gasteiger charge is -2.35. The highest BCUT2D eigenvalue weighted by Crippen LogP contribution is 2.15. The van der Waals surface area contributed by atoms with Gasteiger partial charge in [0.25, 0.3) is 0 Å². The van der Waals surface area contributed by atoms with Gasteiger partial charge < -0.3 is 19.9 Å². The van der Waals surface area contributed by atoms with Gasteiger partial charge in [-0.3, -0.25) is 0 Å². The van der Waals surface area contributed by atoms with E-state index in [-0.39, 0.29) is 5.69 Å². The minimum atomic E-state index is -1.06. The monoisotopic (exact) mass is 274 g/mol. The van der Waals surface area contributed by atoms with Gasteiger partial charge in [0, 0.05) is 38.6 Å². The van der Waals surface area contributed by atoms with Gasteiger partial charge in [-0.15, -0.1) is 0 Å². The number of aromatic carboxylic acids is 1. The average Bonchev–Trinajstić information content (AvgIpc) is 3.02. The van der Waals surface area contributed by atoms with Crippen molar-refractivity contribution >= 4 is 17.7 Å². The Morgan fingerprint density at radius 3 is 2.40 bits per heavy atom. The molecule has 0 saturated carbocycles. The van der Waals surface area contributed by atoms with Gasteiger partial charge in [-0.05, 0) is 0 Å². The highest BCUT2D eigenvalue weighted by molar-refractivity contribution is 5.84. The number of aromatic amines is 1. The number of imidazole rings is 1. The summed E-state index contributed by atoms with van der Waals surface area (Å²) in [6.45, 7) is 3.25. The molecule has 8 heteroatoms. The van der Waals surface area contributed by atoms with Crippen molar-refractivity contribution in [3.8, 4) is 0 Å². The van der Waals surface area contributed by atoms with E-state index in [2.05, 4.69) is 29.7 Å². The molecule has 2 N–H and O–H groups in total. The standard InChI is InChI=1S/C12H14N6O2/c19-11(20)9-7-16-10(8-15-9)17-3-5-18(6-4-17)12-13-1-2-14-12/h1-2,7-8H,3-6H2,(H,13,14)(H,19,20). The summed E-state index contributed by atoms with van der Waals surface area (Å²) in [5.74, 6) is 0.512. The lowest BCUT2D eigenvalue weighted by Crippen LogP contribution is -2.47. The first-order chi connectivity index (χ1) is 9.74. The van der Waals surface area contributed by atoms with Gasteiger partial charge in [0.15, 0.2) is 5.69 Å². The summed E-state index contributed by atoms with van der Waals surface area (Å²) in [6, 6.07) is 0. The van der Waals surface area contributed by atoms with Gasteiger partial charge in [0.1, 0.15) is 5.82 Å². The average molecular weight is 274 g/mol. The molecular formula is C12H14N6O2. The van der Waals surface area contributed by atoms with Crippen LogP contribution in [0, 0.1) is 0 Å². The van der Waals surface area contributed by atoms with Gasteiger partial charge in [0.05, 0.1) is 12.4 Å². The second kappa shape index (κ2) is 5.16. The fourth-order valence-electron chi connectivity index (χ4n) is 2.17. The topological polar surface area (TPSA) is 98.2 Å². The van der Waals surface area contributed by atoms with Crippen molar-refractivity contribution in [2.45, 2.75) is 0 Å². The summed E-state index contributed by atoms with van der Waals surface area (Å²) in [5, 5.41) is 8.79. The smallest absolute Gasteiger partial charge is 0.356 e. The third-order valence-corrected chi connectivity index (χ3v) is 3.24. The minimum absolute atomic E-state index is 0.0389. The number of hydrogen-bond donors (Lipinski definition) is 2. The van der Waals surface area contributed by atoms with Crippen LogP contribution in [-0.2, 0) is 0 Å². The number of carbonyl (C=O) groups is 1. The van der Waals surface area contributed by atoms with Crippen LogP contribution >= 0.6 is 0 Å². The molecule has 1 aliphatic heterocycles. The number of aromatic nitrogens is 4. The molecule has 1 saturated heterocycles. The predicted octanol–water partition coefficient (Wildman–Crippen LogP) is 0.224. The molecule has 0 aliphatic carbocycles. The molecule has 8 nitrogen and oxygen atoms in total. The normalized spacial score (nSPS) is 15.4. The molecule has 0 atom stereocenters. The first-order valence-electron chi connectivity index (χ1n) is 6.28. The van der Waals surface area contributed by atoms with E-state index < -0.39 is 5.97 Å². The summed E-state index contributed by atoms with van der Waals surface area (Å²) in [6.07, 6.45) is 6.33. The van der Waals surface area contributed by atoms with E-state index in [1.54, 1.807) is 12.4 Å². The fraction of sp³-hybridized carbons (Fsp3) is 0.333. The Balaban J connectivity index is 1.64. The van der Waals surface area contributed by atoms with E-state index in [0.717, 1.165) is 32.1 Å². The molecule has 0 radical (unpaired) electrons. The van der Waals surface area contributed by atoms with Crippen LogP contribution in [0.5, 0.6) is 0 Å². The Morgan fingerprint density at radius 2 is 1.85 bits per heavy atom. The molecule has 0 spiro atoms. The van der Waals surface area contributed by atoms with Crippen LogP contribution in [0.15, 0.2) is 24.8 Å². The Hall–Kier alpha value is -2.64. The summed E-state index contributed by atoms with van der Waals surface area (Å²) < 4.78 is 0. The number of nitrogens with one attached hydrogen (secondary N) is 1. The zero-order valence-corrected chi connectivity index (χ0v) is 10.7. The second-order valence-corrected chi connectivity index (χ2v) is 4.45. The number of piperazine rings is 1. The predicted molar refractivity (Wildman–Crippen MR) is 72.0 cm³/mol. The van der Waals surface area contributed by atoms with Gasteiger partial charge in [-0.1, -0.05) is 0 Å². The SMILES string of the molecule is O=C(O)c1cnc(N2CCN(c3ncc[nH]3)CC2)cn1. The number of carboxylic acids is 1. The van der Waals surface area contributed by atoms with Gasteiger partial charge in [-0.25, -0.2) is 19.7 Å². The maximum Gasteiger partial charge on any atom is 0.356 e. The molecular weight excluding hydrogens is 260 g/mol. The van der Waals surface area contributed by atoms with E-state index in [9.17, 15) is 4.79 Å². The highest BCUT2D eigenvalue weighted by Gasteiger charge is 2.20. The lowest BCUT2D eigenvalue weighted by atomic mass is 10.3. The van der Waals surface area contributed by atoms with E-state index in [0.29, 0.717) is 5.82 Å². The zero-order chi connectivity index (χ0) is 13.9. The molecule has 0 bridgehead atoms. The van der Waals surface area contributed by atoms with E-state index in [1.165, 1.54) is 12.4 Å². The van der Waals surface area contributed by atoms with Crippen molar-refractivity contribution in [2.75, 3.05) is 36.0 Å². The number of carboxylic acid groups (broad SMARTS) is 1. The third kappa shape index (κ3) is 2.40. The van der Waals surface area contributed by atoms with Crippen LogP contribution in [0.25, 0.3) is 0 Å². The van der Waals surface area contributed by atoms with E-state index >= 15 is 0 Å². The highest BCUT2D eigenvalue weighted by atomic mass is 16.4. The number of nitrogens with zero attached hydrogens (tertiary/aromatic N) is 5. The lowest BCUT2D eigenvalue weighted by molar-refractivity contribution is 0.0690. The molecule has 104 valence electrons. The van der Waals surface area contributed by atoms with Crippen molar-refractivity contribution in [2.24, 2.45) is 0 Å². The first-order valence-corrected chi connectivity index (χ1v) is 6.28. The fourth-order valence-corrected chi connectivity index (χ4v) is 2.17. The van der Waals surface area contributed by atoms with Gasteiger partial charge in [0.2, 0.25) is 5.95 Å². The van der Waals surface area contributed by atoms with Crippen LogP contribution in [0.4, 0.5) is 11.8 Å². The number of hydrogen-bond acceptors (Lipinski definition) is 6. The zero-order valence-electron chi connectivity index (χ0n) is 10.7. The molecule has 1 fully saturated rings. The van der Waals surface area contributed by atoms with Crippen LogP contribution in [0.2, 0.25) is 0 Å². The molecule has 0 unspecified atom stereocenters. The molecule has 3 rings (SSSR count). The third-order valence-electron chi connectivity index (χ3n) is 3.24. The molecule has 0 aromatic carbocycles. The van der Waals surface area contributed by atoms with Crippen molar-refractivity contribution in [1.29, 1.82) is 0 Å². The van der Waals surface area contributed by atoms with Crippen molar-refractivity contribution in [3.63, 3.8) is 0 Å². The minimum Gasteiger partial charge on any atom is -0.476 e. The summed E-state index contributed by atoms with van der Waals surface area (Å²) in [4.78, 5) is 30.3. The Labute approximate surface area is 115 Å². The second-order valence-electron chi connectivity index (χ2n) is 4.45. The number of anilines is 2. The van der Waals surface area contributed by atoms with Gasteiger partial charge >= 0.3 is 5.97 Å². The summed E-state index contributed by atoms with van der Waals surface area (Å²) >= 11 is 0. The van der Waals surface area contributed by atoms with Gasteiger partial charge in [-0.2, -0.15) is 0 Å². The van der Waals surface area contributed by atoms with Crippen LogP contribution in [0.1, 0.15) is 10.5 Å². The van der Waals surface area contributed by atoms with E-state index in [1.807, 2.05) is 0 Å². The van der Waals surface area contributed by atoms with Crippen molar-refractivity contribution < 1.29 is 9.90 Å². The van der Waals surface area contributed by atoms with Crippen molar-refractivity contribution in [3.05, 3.63) is 30.5 Å². The number of H-pyrrole nitrogens is 1. The first kappa shape index (κ1) is 12.4. The largest absolute Gasteiger partial charge is 0.476 e. The molecule has 0 amide bonds. The molecule has 1 aliphatic rings. The van der Waals surface area contributed by atoms with Crippen molar-refractivity contribution in [1.82, 2.24) is 19.9 Å². The summed E-state index contributed by atoms with van der Waals surface area (Å²) in [5.41, 5.74) is -0.0389. The Kier molecular flexibility index (Phi) is 3.20. The maximum absolute atomic E-state index is 10.7. The van der Waals surface area contributed by atoms with Crippen LogP contribution in [0.3, 0.4) is 0 Å². The molecule has 2 aromatic heterocycles. The quantitative estimate of drug-likeness (QED) is 0.826. The Bertz CT molecular complexity index is 575.